The van der Waals surface area contributed by atoms with Gasteiger partial charge in [-0.2, -0.15) is 0 Å². The first kappa shape index (κ1) is 28.1. The lowest BCUT2D eigenvalue weighted by Crippen LogP contribution is -2.51. The van der Waals surface area contributed by atoms with E-state index >= 15 is 0 Å². The number of aromatic nitrogens is 3. The quantitative estimate of drug-likeness (QED) is 0.467. The Morgan fingerprint density at radius 2 is 2.00 bits per heavy atom. The highest BCUT2D eigenvalue weighted by atomic mass is 19.3. The highest BCUT2D eigenvalue weighted by Crippen LogP contribution is 2.40. The van der Waals surface area contributed by atoms with Crippen LogP contribution in [0.1, 0.15) is 61.8 Å². The lowest BCUT2D eigenvalue weighted by atomic mass is 9.83. The van der Waals surface area contributed by atoms with Gasteiger partial charge in [0.1, 0.15) is 34.6 Å². The average Bonchev–Trinajstić information content (AvgIpc) is 2.89. The number of pyridine rings is 1. The number of hydrogen-bond donors (Lipinski definition) is 1. The molecule has 0 radical (unpaired) electrons. The fraction of sp³-hybridized carbons (Fsp3) is 0.429. The third-order valence-corrected chi connectivity index (χ3v) is 7.44. The van der Waals surface area contributed by atoms with Gasteiger partial charge in [0.25, 0.3) is 12.0 Å². The molecule has 1 fully saturated rings. The fourth-order valence-electron chi connectivity index (χ4n) is 5.44. The van der Waals surface area contributed by atoms with Crippen molar-refractivity contribution in [2.24, 2.45) is 7.05 Å². The Morgan fingerprint density at radius 1 is 1.31 bits per heavy atom. The van der Waals surface area contributed by atoms with Crippen molar-refractivity contribution in [2.75, 3.05) is 19.0 Å². The second-order valence-corrected chi connectivity index (χ2v) is 9.78. The Bertz CT molecular complexity index is 1530. The van der Waals surface area contributed by atoms with Crippen molar-refractivity contribution in [1.29, 1.82) is 0 Å². The number of alkyl halides is 2. The lowest BCUT2D eigenvalue weighted by Gasteiger charge is -2.45. The maximum Gasteiger partial charge on any atom is 0.277 e. The molecule has 0 aliphatic carbocycles. The van der Waals surface area contributed by atoms with Gasteiger partial charge < -0.3 is 19.5 Å². The summed E-state index contributed by atoms with van der Waals surface area (Å²) in [4.78, 5) is 36.1. The normalized spacial score (nSPS) is 20.2. The van der Waals surface area contributed by atoms with Gasteiger partial charge in [-0.3, -0.25) is 9.59 Å². The molecule has 3 aromatic rings. The number of nitrogens with zero attached hydrogens (tertiary/aromatic N) is 4. The van der Waals surface area contributed by atoms with Gasteiger partial charge in [-0.15, -0.1) is 6.42 Å². The zero-order chi connectivity index (χ0) is 28.6. The molecular weight excluding hydrogens is 511 g/mol. The molecule has 0 saturated carbocycles. The Hall–Kier alpha value is -3.91. The van der Waals surface area contributed by atoms with E-state index in [4.69, 9.17) is 11.2 Å². The standard InChI is InChI=1S/C28H30F3N5O3/c1-7-21(18-9-8-10-19(23(18)29)25(30)31)34-26-20-13-22(35(5)27(38)24(20)32-16(3)33-26)28(39-6)11-12-36(17(4)37)15(2)14-28/h1,8-10,13,15,21,25H,11-12,14H2,2-6H3,(H,32,33,34)/t15-,21-,28-/m1/s1. The van der Waals surface area contributed by atoms with Crippen molar-refractivity contribution in [3.8, 4) is 12.3 Å². The van der Waals surface area contributed by atoms with Gasteiger partial charge in [-0.05, 0) is 26.3 Å². The van der Waals surface area contributed by atoms with Gasteiger partial charge >= 0.3 is 0 Å². The monoisotopic (exact) mass is 541 g/mol. The summed E-state index contributed by atoms with van der Waals surface area (Å²) < 4.78 is 49.1. The van der Waals surface area contributed by atoms with Crippen LogP contribution in [0.25, 0.3) is 10.9 Å². The second kappa shape index (κ2) is 10.7. The number of aryl methyl sites for hydroxylation is 1. The summed E-state index contributed by atoms with van der Waals surface area (Å²) in [5.41, 5.74) is -1.55. The zero-order valence-corrected chi connectivity index (χ0v) is 22.4. The zero-order valence-electron chi connectivity index (χ0n) is 22.4. The number of hydrogen-bond acceptors (Lipinski definition) is 6. The number of piperidine rings is 1. The summed E-state index contributed by atoms with van der Waals surface area (Å²) in [6.07, 6.45) is 3.57. The van der Waals surface area contributed by atoms with Crippen LogP contribution in [-0.4, -0.2) is 45.0 Å². The molecule has 0 unspecified atom stereocenters. The van der Waals surface area contributed by atoms with Crippen LogP contribution in [0.3, 0.4) is 0 Å². The molecule has 3 heterocycles. The lowest BCUT2D eigenvalue weighted by molar-refractivity contribution is -0.140. The topological polar surface area (TPSA) is 89.3 Å². The largest absolute Gasteiger partial charge is 0.372 e. The van der Waals surface area contributed by atoms with Crippen LogP contribution >= 0.6 is 0 Å². The highest BCUT2D eigenvalue weighted by Gasteiger charge is 2.42. The molecule has 2 aromatic heterocycles. The van der Waals surface area contributed by atoms with E-state index in [0.29, 0.717) is 30.5 Å². The minimum Gasteiger partial charge on any atom is -0.372 e. The summed E-state index contributed by atoms with van der Waals surface area (Å²) in [6, 6.07) is 4.05. The minimum absolute atomic E-state index is 0.0431. The molecule has 0 bridgehead atoms. The third kappa shape index (κ3) is 4.96. The minimum atomic E-state index is -3.02. The third-order valence-electron chi connectivity index (χ3n) is 7.44. The van der Waals surface area contributed by atoms with Crippen molar-refractivity contribution in [3.05, 3.63) is 63.1 Å². The molecule has 1 aromatic carbocycles. The van der Waals surface area contributed by atoms with Gasteiger partial charge in [-0.1, -0.05) is 24.1 Å². The van der Waals surface area contributed by atoms with Crippen molar-refractivity contribution >= 4 is 22.6 Å². The van der Waals surface area contributed by atoms with Crippen LogP contribution in [0.4, 0.5) is 19.0 Å². The maximum absolute atomic E-state index is 15.0. The first-order valence-electron chi connectivity index (χ1n) is 12.4. The predicted molar refractivity (Wildman–Crippen MR) is 141 cm³/mol. The van der Waals surface area contributed by atoms with Crippen molar-refractivity contribution in [2.45, 2.75) is 57.7 Å². The summed E-state index contributed by atoms with van der Waals surface area (Å²) in [5.74, 6) is 1.66. The molecule has 3 atom stereocenters. The van der Waals surface area contributed by atoms with E-state index in [1.54, 1.807) is 32.0 Å². The number of likely N-dealkylation sites (tertiary alicyclic amines) is 1. The number of fused-ring (bicyclic) bond motifs is 1. The predicted octanol–water partition coefficient (Wildman–Crippen LogP) is 4.37. The summed E-state index contributed by atoms with van der Waals surface area (Å²) >= 11 is 0. The molecule has 0 spiro atoms. The number of ether oxygens (including phenoxy) is 1. The number of anilines is 1. The smallest absolute Gasteiger partial charge is 0.277 e. The summed E-state index contributed by atoms with van der Waals surface area (Å²) in [7, 11) is 3.18. The van der Waals surface area contributed by atoms with Crippen LogP contribution in [0.2, 0.25) is 0 Å². The maximum atomic E-state index is 15.0. The van der Waals surface area contributed by atoms with Crippen molar-refractivity contribution < 1.29 is 22.7 Å². The second-order valence-electron chi connectivity index (χ2n) is 9.78. The molecule has 1 saturated heterocycles. The Kier molecular flexibility index (Phi) is 7.70. The van der Waals surface area contributed by atoms with Crippen molar-refractivity contribution in [3.63, 3.8) is 0 Å². The van der Waals surface area contributed by atoms with E-state index in [9.17, 15) is 22.8 Å². The first-order valence-corrected chi connectivity index (χ1v) is 12.4. The number of rotatable bonds is 6. The van der Waals surface area contributed by atoms with E-state index in [1.807, 2.05) is 6.92 Å². The number of amides is 1. The van der Waals surface area contributed by atoms with Crippen LogP contribution < -0.4 is 10.9 Å². The number of terminal acetylenes is 1. The molecule has 206 valence electrons. The molecule has 1 N–H and O–H groups in total. The number of nitrogens with one attached hydrogen (secondary N) is 1. The molecule has 11 heteroatoms. The molecular formula is C28H30F3N5O3. The van der Waals surface area contributed by atoms with Gasteiger partial charge in [0.15, 0.2) is 0 Å². The first-order chi connectivity index (χ1) is 18.4. The van der Waals surface area contributed by atoms with Crippen LogP contribution in [0.15, 0.2) is 29.1 Å². The number of carbonyl (C=O) groups is 1. The summed E-state index contributed by atoms with van der Waals surface area (Å²) in [6.45, 7) is 5.47. The molecule has 1 aliphatic rings. The van der Waals surface area contributed by atoms with Gasteiger partial charge in [0.05, 0.1) is 16.6 Å². The van der Waals surface area contributed by atoms with E-state index in [1.165, 1.54) is 23.6 Å². The molecule has 1 amide bonds. The molecule has 39 heavy (non-hydrogen) atoms. The fourth-order valence-corrected chi connectivity index (χ4v) is 5.44. The number of carbonyl (C=O) groups excluding carboxylic acids is 1. The molecule has 4 rings (SSSR count). The molecule has 1 aliphatic heterocycles. The van der Waals surface area contributed by atoms with Crippen LogP contribution in [0, 0.1) is 25.1 Å². The van der Waals surface area contributed by atoms with Gasteiger partial charge in [0, 0.05) is 45.7 Å². The summed E-state index contributed by atoms with van der Waals surface area (Å²) in [5, 5.41) is 3.28. The Labute approximate surface area is 224 Å². The number of methoxy groups -OCH3 is 1. The van der Waals surface area contributed by atoms with Gasteiger partial charge in [0.2, 0.25) is 5.91 Å². The van der Waals surface area contributed by atoms with E-state index in [2.05, 4.69) is 21.2 Å². The molecule has 8 nitrogen and oxygen atoms in total. The number of halogens is 3. The van der Waals surface area contributed by atoms with Crippen LogP contribution in [0.5, 0.6) is 0 Å². The highest BCUT2D eigenvalue weighted by molar-refractivity contribution is 5.89. The SMILES string of the molecule is C#C[C@@H](Nc1nc(C)nc2c(=O)n(C)c([C@@]3(OC)CCN(C(C)=O)[C@H](C)C3)cc12)c1cccc(C(F)F)c1F. The Morgan fingerprint density at radius 3 is 2.59 bits per heavy atom. The Balaban J connectivity index is 1.86. The van der Waals surface area contributed by atoms with E-state index in [0.717, 1.165) is 6.07 Å². The van der Waals surface area contributed by atoms with Gasteiger partial charge in [-0.25, -0.2) is 23.1 Å². The average molecular weight is 542 g/mol. The van der Waals surface area contributed by atoms with Crippen molar-refractivity contribution in [1.82, 2.24) is 19.4 Å². The van der Waals surface area contributed by atoms with Crippen LogP contribution in [-0.2, 0) is 22.2 Å². The van der Waals surface area contributed by atoms with E-state index in [-0.39, 0.29) is 34.7 Å². The number of benzene rings is 1. The van der Waals surface area contributed by atoms with E-state index < -0.39 is 35.0 Å².